The van der Waals surface area contributed by atoms with E-state index in [1.165, 1.54) is 19.2 Å². The molecule has 3 heterocycles. The van der Waals surface area contributed by atoms with Crippen molar-refractivity contribution in [3.05, 3.63) is 66.5 Å². The van der Waals surface area contributed by atoms with E-state index in [0.29, 0.717) is 31.7 Å². The summed E-state index contributed by atoms with van der Waals surface area (Å²) in [6, 6.07) is 10.1. The summed E-state index contributed by atoms with van der Waals surface area (Å²) in [4.78, 5) is 25.2. The molecule has 0 unspecified atom stereocenters. The number of hydrogen-bond acceptors (Lipinski definition) is 5. The maximum Gasteiger partial charge on any atom is 0.254 e. The van der Waals surface area contributed by atoms with Gasteiger partial charge in [-0.15, -0.1) is 0 Å². The molecule has 8 heteroatoms. The molecule has 144 valence electrons. The molecule has 4 rings (SSSR count). The fraction of sp³-hybridized carbons (Fsp3) is 0.250. The number of rotatable bonds is 4. The number of nitrogens with zero attached hydrogens (tertiary/aromatic N) is 5. The molecule has 1 aliphatic heterocycles. The van der Waals surface area contributed by atoms with Crippen molar-refractivity contribution in [2.24, 2.45) is 0 Å². The Morgan fingerprint density at radius 1 is 1.04 bits per heavy atom. The second-order valence-electron chi connectivity index (χ2n) is 6.45. The first-order valence-electron chi connectivity index (χ1n) is 8.99. The Labute approximate surface area is 162 Å². The van der Waals surface area contributed by atoms with Crippen LogP contribution in [-0.4, -0.2) is 58.6 Å². The minimum atomic E-state index is -0.537. The van der Waals surface area contributed by atoms with Crippen LogP contribution in [0, 0.1) is 5.82 Å². The van der Waals surface area contributed by atoms with Crippen LogP contribution in [0.5, 0.6) is 5.75 Å². The lowest BCUT2D eigenvalue weighted by molar-refractivity contribution is 0.0746. The summed E-state index contributed by atoms with van der Waals surface area (Å²) < 4.78 is 20.7. The molecule has 0 radical (unpaired) electrons. The molecule has 1 aliphatic rings. The summed E-state index contributed by atoms with van der Waals surface area (Å²) in [6.07, 6.45) is 5.40. The second kappa shape index (κ2) is 7.67. The lowest BCUT2D eigenvalue weighted by Crippen LogP contribution is -2.49. The normalized spacial score (nSPS) is 14.2. The van der Waals surface area contributed by atoms with E-state index in [9.17, 15) is 9.18 Å². The van der Waals surface area contributed by atoms with E-state index in [4.69, 9.17) is 4.74 Å². The van der Waals surface area contributed by atoms with Gasteiger partial charge < -0.3 is 19.1 Å². The summed E-state index contributed by atoms with van der Waals surface area (Å²) >= 11 is 0. The van der Waals surface area contributed by atoms with Gasteiger partial charge in [0.25, 0.3) is 5.91 Å². The standard InChI is InChI=1S/C20H20FN5O2/c1-28-17-5-4-15(12-16(17)21)20(27)26-10-8-25(9-11-26)19-13-18(22-14-23-19)24-6-2-3-7-24/h2-7,12-14H,8-11H2,1H3. The highest BCUT2D eigenvalue weighted by Gasteiger charge is 2.24. The first-order chi connectivity index (χ1) is 13.7. The van der Waals surface area contributed by atoms with Crippen molar-refractivity contribution in [1.29, 1.82) is 0 Å². The van der Waals surface area contributed by atoms with Gasteiger partial charge in [-0.2, -0.15) is 0 Å². The number of carbonyl (C=O) groups is 1. The number of benzene rings is 1. The first-order valence-corrected chi connectivity index (χ1v) is 8.99. The zero-order valence-electron chi connectivity index (χ0n) is 15.5. The maximum absolute atomic E-state index is 13.9. The van der Waals surface area contributed by atoms with E-state index in [1.54, 1.807) is 17.3 Å². The summed E-state index contributed by atoms with van der Waals surface area (Å²) in [6.45, 7) is 2.36. The van der Waals surface area contributed by atoms with Crippen molar-refractivity contribution in [1.82, 2.24) is 19.4 Å². The monoisotopic (exact) mass is 381 g/mol. The smallest absolute Gasteiger partial charge is 0.254 e. The maximum atomic E-state index is 13.9. The van der Waals surface area contributed by atoms with Crippen molar-refractivity contribution in [3.8, 4) is 11.6 Å². The van der Waals surface area contributed by atoms with Gasteiger partial charge in [-0.3, -0.25) is 4.79 Å². The fourth-order valence-electron chi connectivity index (χ4n) is 3.26. The van der Waals surface area contributed by atoms with Gasteiger partial charge in [0.1, 0.15) is 18.0 Å². The molecule has 0 aliphatic carbocycles. The van der Waals surface area contributed by atoms with E-state index < -0.39 is 5.82 Å². The van der Waals surface area contributed by atoms with E-state index in [2.05, 4.69) is 14.9 Å². The quantitative estimate of drug-likeness (QED) is 0.694. The van der Waals surface area contributed by atoms with Gasteiger partial charge in [-0.1, -0.05) is 0 Å². The number of piperazine rings is 1. The van der Waals surface area contributed by atoms with Crippen molar-refractivity contribution >= 4 is 11.7 Å². The molecule has 28 heavy (non-hydrogen) atoms. The predicted octanol–water partition coefficient (Wildman–Crippen LogP) is 2.38. The largest absolute Gasteiger partial charge is 0.494 e. The highest BCUT2D eigenvalue weighted by Crippen LogP contribution is 2.20. The van der Waals surface area contributed by atoms with Crippen molar-refractivity contribution in [3.63, 3.8) is 0 Å². The molecule has 7 nitrogen and oxygen atoms in total. The Kier molecular flexibility index (Phi) is 4.92. The van der Waals surface area contributed by atoms with Crippen molar-refractivity contribution in [2.75, 3.05) is 38.2 Å². The number of halogens is 1. The lowest BCUT2D eigenvalue weighted by atomic mass is 10.1. The number of amides is 1. The average Bonchev–Trinajstić information content (AvgIpc) is 3.28. The highest BCUT2D eigenvalue weighted by atomic mass is 19.1. The topological polar surface area (TPSA) is 63.5 Å². The fourth-order valence-corrected chi connectivity index (χ4v) is 3.26. The number of anilines is 1. The number of aromatic nitrogens is 3. The molecular formula is C20H20FN5O2. The summed E-state index contributed by atoms with van der Waals surface area (Å²) in [5.41, 5.74) is 0.323. The van der Waals surface area contributed by atoms with Crippen molar-refractivity contribution < 1.29 is 13.9 Å². The van der Waals surface area contributed by atoms with Crippen LogP contribution in [0.15, 0.2) is 55.1 Å². The molecule has 1 fully saturated rings. The van der Waals surface area contributed by atoms with E-state index >= 15 is 0 Å². The number of methoxy groups -OCH3 is 1. The minimum absolute atomic E-state index is 0.128. The van der Waals surface area contributed by atoms with E-state index in [-0.39, 0.29) is 11.7 Å². The van der Waals surface area contributed by atoms with Crippen LogP contribution >= 0.6 is 0 Å². The van der Waals surface area contributed by atoms with Gasteiger partial charge in [-0.05, 0) is 30.3 Å². The Balaban J connectivity index is 1.43. The number of ether oxygens (including phenoxy) is 1. The van der Waals surface area contributed by atoms with Gasteiger partial charge in [0.05, 0.1) is 7.11 Å². The average molecular weight is 381 g/mol. The van der Waals surface area contributed by atoms with E-state index in [0.717, 1.165) is 11.6 Å². The number of hydrogen-bond donors (Lipinski definition) is 0. The molecule has 0 saturated carbocycles. The van der Waals surface area contributed by atoms with E-state index in [1.807, 2.05) is 35.2 Å². The van der Waals surface area contributed by atoms with Crippen LogP contribution in [-0.2, 0) is 0 Å². The first kappa shape index (κ1) is 18.0. The third kappa shape index (κ3) is 3.53. The zero-order chi connectivity index (χ0) is 19.5. The Bertz CT molecular complexity index is 968. The molecular weight excluding hydrogens is 361 g/mol. The Morgan fingerprint density at radius 3 is 2.43 bits per heavy atom. The molecule has 2 aromatic heterocycles. The van der Waals surface area contributed by atoms with Gasteiger partial charge in [0.2, 0.25) is 0 Å². The highest BCUT2D eigenvalue weighted by molar-refractivity contribution is 5.94. The molecule has 0 atom stereocenters. The van der Waals surface area contributed by atoms with Crippen LogP contribution in [0.25, 0.3) is 5.82 Å². The minimum Gasteiger partial charge on any atom is -0.494 e. The molecule has 1 saturated heterocycles. The summed E-state index contributed by atoms with van der Waals surface area (Å²) in [7, 11) is 1.40. The van der Waals surface area contributed by atoms with Gasteiger partial charge in [-0.25, -0.2) is 14.4 Å². The predicted molar refractivity (Wildman–Crippen MR) is 102 cm³/mol. The zero-order valence-corrected chi connectivity index (χ0v) is 15.5. The van der Waals surface area contributed by atoms with Crippen LogP contribution in [0.3, 0.4) is 0 Å². The molecule has 0 spiro atoms. The number of carbonyl (C=O) groups excluding carboxylic acids is 1. The van der Waals surface area contributed by atoms with Crippen LogP contribution in [0.1, 0.15) is 10.4 Å². The molecule has 0 N–H and O–H groups in total. The molecule has 1 amide bonds. The third-order valence-electron chi connectivity index (χ3n) is 4.80. The summed E-state index contributed by atoms with van der Waals surface area (Å²) in [5.74, 6) is 1.02. The van der Waals surface area contributed by atoms with Crippen LogP contribution in [0.4, 0.5) is 10.2 Å². The molecule has 0 bridgehead atoms. The van der Waals surface area contributed by atoms with Gasteiger partial charge >= 0.3 is 0 Å². The summed E-state index contributed by atoms with van der Waals surface area (Å²) in [5, 5.41) is 0. The Morgan fingerprint density at radius 2 is 1.75 bits per heavy atom. The molecule has 3 aromatic rings. The molecule has 1 aromatic carbocycles. The lowest BCUT2D eigenvalue weighted by Gasteiger charge is -2.35. The van der Waals surface area contributed by atoms with Crippen LogP contribution in [0.2, 0.25) is 0 Å². The SMILES string of the molecule is COc1ccc(C(=O)N2CCN(c3cc(-n4cccc4)ncn3)CC2)cc1F. The van der Waals surface area contributed by atoms with Crippen molar-refractivity contribution in [2.45, 2.75) is 0 Å². The second-order valence-corrected chi connectivity index (χ2v) is 6.45. The van der Waals surface area contributed by atoms with Gasteiger partial charge in [0, 0.05) is 50.2 Å². The van der Waals surface area contributed by atoms with Crippen LogP contribution < -0.4 is 9.64 Å². The van der Waals surface area contributed by atoms with Gasteiger partial charge in [0.15, 0.2) is 11.6 Å². The third-order valence-corrected chi connectivity index (χ3v) is 4.80. The Hall–Kier alpha value is -3.42.